The molecule has 0 aliphatic rings. The van der Waals surface area contributed by atoms with E-state index in [9.17, 15) is 0 Å². The molecule has 3 aromatic carbocycles. The smallest absolute Gasteiger partial charge is 0.249 e. The van der Waals surface area contributed by atoms with Crippen molar-refractivity contribution in [1.29, 1.82) is 0 Å². The second kappa shape index (κ2) is 7.42. The molecule has 128 valence electrons. The Labute approximate surface area is 156 Å². The summed E-state index contributed by atoms with van der Waals surface area (Å²) in [4.78, 5) is 0. The molecule has 0 saturated heterocycles. The largest absolute Gasteiger partial charge is 0.418 e. The van der Waals surface area contributed by atoms with E-state index in [1.165, 1.54) is 0 Å². The molecule has 0 aliphatic carbocycles. The van der Waals surface area contributed by atoms with E-state index in [2.05, 4.69) is 15.5 Å². The SMILES string of the molecule is Clc1ccccc1-c1nnc([C@H](Nc2ccccc2)c2ccccc2)o1. The Morgan fingerprint density at radius 1 is 0.769 bits per heavy atom. The molecule has 0 fully saturated rings. The van der Waals surface area contributed by atoms with Gasteiger partial charge < -0.3 is 9.73 Å². The van der Waals surface area contributed by atoms with Crippen LogP contribution >= 0.6 is 11.6 Å². The molecule has 0 saturated carbocycles. The third-order valence-corrected chi connectivity index (χ3v) is 4.34. The number of hydrogen-bond donors (Lipinski definition) is 1. The van der Waals surface area contributed by atoms with Gasteiger partial charge in [-0.2, -0.15) is 0 Å². The molecule has 1 atom stereocenters. The number of nitrogens with zero attached hydrogens (tertiary/aromatic N) is 2. The zero-order chi connectivity index (χ0) is 17.8. The van der Waals surface area contributed by atoms with Gasteiger partial charge in [-0.05, 0) is 29.8 Å². The minimum Gasteiger partial charge on any atom is -0.418 e. The molecule has 5 heteroatoms. The van der Waals surface area contributed by atoms with E-state index in [0.29, 0.717) is 16.8 Å². The van der Waals surface area contributed by atoms with E-state index < -0.39 is 0 Å². The lowest BCUT2D eigenvalue weighted by Gasteiger charge is -2.16. The van der Waals surface area contributed by atoms with Gasteiger partial charge in [0.05, 0.1) is 10.6 Å². The molecular formula is C21H16ClN3O. The summed E-state index contributed by atoms with van der Waals surface area (Å²) in [7, 11) is 0. The zero-order valence-corrected chi connectivity index (χ0v) is 14.6. The number of halogens is 1. The highest BCUT2D eigenvalue weighted by atomic mass is 35.5. The molecule has 0 bridgehead atoms. The lowest BCUT2D eigenvalue weighted by atomic mass is 10.1. The fourth-order valence-electron chi connectivity index (χ4n) is 2.73. The maximum atomic E-state index is 6.25. The Balaban J connectivity index is 1.72. The minimum atomic E-state index is -0.262. The van der Waals surface area contributed by atoms with Crippen LogP contribution in [0.15, 0.2) is 89.3 Å². The molecule has 0 amide bonds. The van der Waals surface area contributed by atoms with Crippen LogP contribution in [-0.2, 0) is 0 Å². The summed E-state index contributed by atoms with van der Waals surface area (Å²) in [6.07, 6.45) is 0. The van der Waals surface area contributed by atoms with Gasteiger partial charge in [-0.1, -0.05) is 72.3 Å². The van der Waals surface area contributed by atoms with Crippen LogP contribution in [0.3, 0.4) is 0 Å². The molecule has 0 radical (unpaired) electrons. The summed E-state index contributed by atoms with van der Waals surface area (Å²) in [5.74, 6) is 0.886. The quantitative estimate of drug-likeness (QED) is 0.503. The highest BCUT2D eigenvalue weighted by molar-refractivity contribution is 6.33. The number of nitrogens with one attached hydrogen (secondary N) is 1. The van der Waals surface area contributed by atoms with Crippen LogP contribution in [-0.4, -0.2) is 10.2 Å². The van der Waals surface area contributed by atoms with Gasteiger partial charge in [-0.15, -0.1) is 10.2 Å². The van der Waals surface area contributed by atoms with Crippen LogP contribution in [0.5, 0.6) is 0 Å². The number of hydrogen-bond acceptors (Lipinski definition) is 4. The molecule has 0 unspecified atom stereocenters. The zero-order valence-electron chi connectivity index (χ0n) is 13.8. The molecule has 26 heavy (non-hydrogen) atoms. The molecule has 0 aliphatic heterocycles. The van der Waals surface area contributed by atoms with Crippen molar-refractivity contribution in [3.8, 4) is 11.5 Å². The van der Waals surface area contributed by atoms with Crippen molar-refractivity contribution < 1.29 is 4.42 Å². The van der Waals surface area contributed by atoms with E-state index in [4.69, 9.17) is 16.0 Å². The molecule has 1 aromatic heterocycles. The lowest BCUT2D eigenvalue weighted by molar-refractivity contribution is 0.494. The fourth-order valence-corrected chi connectivity index (χ4v) is 2.95. The molecule has 1 heterocycles. The first-order valence-electron chi connectivity index (χ1n) is 8.26. The van der Waals surface area contributed by atoms with Crippen LogP contribution in [0, 0.1) is 0 Å². The van der Waals surface area contributed by atoms with E-state index in [0.717, 1.165) is 16.8 Å². The van der Waals surface area contributed by atoms with Crippen LogP contribution < -0.4 is 5.32 Å². The van der Waals surface area contributed by atoms with Crippen LogP contribution in [0.4, 0.5) is 5.69 Å². The standard InChI is InChI=1S/C21H16ClN3O/c22-18-14-8-7-13-17(18)20-24-25-21(26-20)19(15-9-3-1-4-10-15)23-16-11-5-2-6-12-16/h1-14,19,23H/t19-/m1/s1. The Morgan fingerprint density at radius 3 is 2.15 bits per heavy atom. The average molecular weight is 362 g/mol. The van der Waals surface area contributed by atoms with Crippen LogP contribution in [0.2, 0.25) is 5.02 Å². The van der Waals surface area contributed by atoms with Gasteiger partial charge in [0.1, 0.15) is 6.04 Å². The Bertz CT molecular complexity index is 986. The van der Waals surface area contributed by atoms with Gasteiger partial charge >= 0.3 is 0 Å². The molecule has 4 nitrogen and oxygen atoms in total. The summed E-state index contributed by atoms with van der Waals surface area (Å²) >= 11 is 6.25. The normalized spacial score (nSPS) is 11.9. The highest BCUT2D eigenvalue weighted by Gasteiger charge is 2.22. The van der Waals surface area contributed by atoms with E-state index in [1.54, 1.807) is 6.07 Å². The topological polar surface area (TPSA) is 51.0 Å². The maximum Gasteiger partial charge on any atom is 0.249 e. The number of benzene rings is 3. The number of anilines is 1. The van der Waals surface area contributed by atoms with E-state index in [-0.39, 0.29) is 6.04 Å². The van der Waals surface area contributed by atoms with E-state index >= 15 is 0 Å². The summed E-state index contributed by atoms with van der Waals surface area (Å²) in [5, 5.41) is 12.5. The van der Waals surface area contributed by atoms with E-state index in [1.807, 2.05) is 78.9 Å². The Morgan fingerprint density at radius 2 is 1.42 bits per heavy atom. The van der Waals surface area contributed by atoms with Gasteiger partial charge in [-0.3, -0.25) is 0 Å². The summed E-state index contributed by atoms with van der Waals surface area (Å²) in [6.45, 7) is 0. The van der Waals surface area contributed by atoms with Gasteiger partial charge in [0, 0.05) is 5.69 Å². The Hall–Kier alpha value is -3.11. The van der Waals surface area contributed by atoms with Gasteiger partial charge in [0.2, 0.25) is 11.8 Å². The molecular weight excluding hydrogens is 346 g/mol. The van der Waals surface area contributed by atoms with Gasteiger partial charge in [0.15, 0.2) is 0 Å². The van der Waals surface area contributed by atoms with Crippen molar-refractivity contribution in [3.05, 3.63) is 101 Å². The molecule has 0 spiro atoms. The first-order chi connectivity index (χ1) is 12.8. The lowest BCUT2D eigenvalue weighted by Crippen LogP contribution is -2.12. The summed E-state index contributed by atoms with van der Waals surface area (Å²) in [5.41, 5.74) is 2.73. The van der Waals surface area contributed by atoms with Crippen LogP contribution in [0.1, 0.15) is 17.5 Å². The van der Waals surface area contributed by atoms with Gasteiger partial charge in [-0.25, -0.2) is 0 Å². The first kappa shape index (κ1) is 16.4. The second-order valence-corrected chi connectivity index (χ2v) is 6.19. The van der Waals surface area contributed by atoms with Gasteiger partial charge in [0.25, 0.3) is 0 Å². The number of aromatic nitrogens is 2. The monoisotopic (exact) mass is 361 g/mol. The van der Waals surface area contributed by atoms with Crippen molar-refractivity contribution in [1.82, 2.24) is 10.2 Å². The first-order valence-corrected chi connectivity index (χ1v) is 8.64. The predicted molar refractivity (Wildman–Crippen MR) is 103 cm³/mol. The number of para-hydroxylation sites is 1. The summed E-state index contributed by atoms with van der Waals surface area (Å²) in [6, 6.07) is 27.1. The van der Waals surface area contributed by atoms with Crippen molar-refractivity contribution in [2.45, 2.75) is 6.04 Å². The maximum absolute atomic E-state index is 6.25. The fraction of sp³-hybridized carbons (Fsp3) is 0.0476. The second-order valence-electron chi connectivity index (χ2n) is 5.78. The third-order valence-electron chi connectivity index (χ3n) is 4.01. The van der Waals surface area contributed by atoms with Crippen molar-refractivity contribution in [2.24, 2.45) is 0 Å². The predicted octanol–water partition coefficient (Wildman–Crippen LogP) is 5.59. The number of rotatable bonds is 5. The molecule has 4 aromatic rings. The molecule has 1 N–H and O–H groups in total. The van der Waals surface area contributed by atoms with Crippen molar-refractivity contribution in [3.63, 3.8) is 0 Å². The summed E-state index contributed by atoms with van der Waals surface area (Å²) < 4.78 is 5.97. The van der Waals surface area contributed by atoms with Crippen LogP contribution in [0.25, 0.3) is 11.5 Å². The molecule has 4 rings (SSSR count). The highest BCUT2D eigenvalue weighted by Crippen LogP contribution is 2.30. The Kier molecular flexibility index (Phi) is 4.67. The average Bonchev–Trinajstić information content (AvgIpc) is 3.17. The third kappa shape index (κ3) is 3.46. The van der Waals surface area contributed by atoms with Crippen molar-refractivity contribution >= 4 is 17.3 Å². The van der Waals surface area contributed by atoms with Crippen molar-refractivity contribution in [2.75, 3.05) is 5.32 Å². The minimum absolute atomic E-state index is 0.262.